The first-order valence-corrected chi connectivity index (χ1v) is 9.44. The fourth-order valence-electron chi connectivity index (χ4n) is 2.48. The molecule has 4 nitrogen and oxygen atoms in total. The summed E-state index contributed by atoms with van der Waals surface area (Å²) in [6.07, 6.45) is 3.38. The molecule has 0 saturated heterocycles. The molecule has 2 N–H and O–H groups in total. The van der Waals surface area contributed by atoms with Crippen molar-refractivity contribution in [3.8, 4) is 0 Å². The lowest BCUT2D eigenvalue weighted by Gasteiger charge is -2.13. The Bertz CT molecular complexity index is 553. The molecule has 1 aliphatic carbocycles. The minimum Gasteiger partial charge on any atom is -0.313 e. The molecule has 0 bridgehead atoms. The summed E-state index contributed by atoms with van der Waals surface area (Å²) >= 11 is 0. The van der Waals surface area contributed by atoms with E-state index in [0.29, 0.717) is 5.92 Å². The van der Waals surface area contributed by atoms with E-state index in [9.17, 15) is 8.42 Å². The minimum absolute atomic E-state index is 0.0596. The van der Waals surface area contributed by atoms with Gasteiger partial charge in [-0.15, -0.1) is 0 Å². The summed E-state index contributed by atoms with van der Waals surface area (Å²) < 4.78 is 27.2. The van der Waals surface area contributed by atoms with E-state index in [1.807, 2.05) is 31.2 Å². The number of nitrogens with one attached hydrogen (secondary N) is 2. The number of benzene rings is 1. The van der Waals surface area contributed by atoms with Gasteiger partial charge in [-0.2, -0.15) is 0 Å². The highest BCUT2D eigenvalue weighted by Gasteiger charge is 2.30. The second kappa shape index (κ2) is 7.38. The normalized spacial score (nSPS) is 16.9. The van der Waals surface area contributed by atoms with Crippen LogP contribution in [-0.2, 0) is 22.3 Å². The lowest BCUT2D eigenvalue weighted by atomic mass is 10.1. The maximum absolute atomic E-state index is 12.2. The molecule has 0 spiro atoms. The number of hydrogen-bond donors (Lipinski definition) is 2. The van der Waals surface area contributed by atoms with Crippen LogP contribution in [0.5, 0.6) is 0 Å². The molecule has 21 heavy (non-hydrogen) atoms. The van der Waals surface area contributed by atoms with Crippen LogP contribution >= 0.6 is 0 Å². The van der Waals surface area contributed by atoms with Crippen molar-refractivity contribution in [2.45, 2.75) is 51.4 Å². The Labute approximate surface area is 128 Å². The molecule has 1 aromatic rings. The van der Waals surface area contributed by atoms with E-state index in [-0.39, 0.29) is 11.8 Å². The molecule has 0 aromatic heterocycles. The van der Waals surface area contributed by atoms with Crippen molar-refractivity contribution in [3.63, 3.8) is 0 Å². The molecule has 0 aliphatic heterocycles. The Hall–Kier alpha value is -0.910. The van der Waals surface area contributed by atoms with Gasteiger partial charge in [0.15, 0.2) is 0 Å². The fourth-order valence-corrected chi connectivity index (χ4v) is 3.94. The number of hydrogen-bond acceptors (Lipinski definition) is 3. The molecule has 0 amide bonds. The second-order valence-electron chi connectivity index (χ2n) is 6.00. The van der Waals surface area contributed by atoms with Crippen LogP contribution in [0.2, 0.25) is 0 Å². The summed E-state index contributed by atoms with van der Waals surface area (Å²) in [5.74, 6) is 0.593. The quantitative estimate of drug-likeness (QED) is 0.689. The summed E-state index contributed by atoms with van der Waals surface area (Å²) in [6.45, 7) is 5.85. The Morgan fingerprint density at radius 1 is 1.29 bits per heavy atom. The molecule has 1 saturated carbocycles. The summed E-state index contributed by atoms with van der Waals surface area (Å²) in [4.78, 5) is 0. The summed E-state index contributed by atoms with van der Waals surface area (Å²) in [5.41, 5.74) is 1.98. The molecule has 118 valence electrons. The standard InChI is InChI=1S/C16H26N2O2S/c1-3-9-17-11-14-5-4-6-15(10-14)12-21(19,20)18-13(2)16-7-8-16/h4-6,10,13,16-18H,3,7-9,11-12H2,1-2H3. The molecule has 2 rings (SSSR count). The van der Waals surface area contributed by atoms with Crippen LogP contribution in [0.1, 0.15) is 44.2 Å². The SMILES string of the molecule is CCCNCc1cccc(CS(=O)(=O)NC(C)C2CC2)c1. The smallest absolute Gasteiger partial charge is 0.216 e. The van der Waals surface area contributed by atoms with Crippen molar-refractivity contribution in [3.05, 3.63) is 35.4 Å². The topological polar surface area (TPSA) is 58.2 Å². The van der Waals surface area contributed by atoms with Crippen molar-refractivity contribution in [1.82, 2.24) is 10.0 Å². The minimum atomic E-state index is -3.25. The molecule has 1 aliphatic rings. The average molecular weight is 310 g/mol. The van der Waals surface area contributed by atoms with Gasteiger partial charge >= 0.3 is 0 Å². The second-order valence-corrected chi connectivity index (χ2v) is 7.75. The van der Waals surface area contributed by atoms with E-state index in [1.165, 1.54) is 0 Å². The lowest BCUT2D eigenvalue weighted by Crippen LogP contribution is -2.34. The molecule has 0 heterocycles. The third kappa shape index (κ3) is 5.77. The average Bonchev–Trinajstić information content (AvgIpc) is 3.22. The molecule has 1 unspecified atom stereocenters. The van der Waals surface area contributed by atoms with Crippen molar-refractivity contribution in [2.24, 2.45) is 5.92 Å². The van der Waals surface area contributed by atoms with Crippen molar-refractivity contribution < 1.29 is 8.42 Å². The van der Waals surface area contributed by atoms with Gasteiger partial charge in [-0.1, -0.05) is 31.2 Å². The summed E-state index contributed by atoms with van der Waals surface area (Å²) in [7, 11) is -3.25. The molecular formula is C16H26N2O2S. The van der Waals surface area contributed by atoms with E-state index < -0.39 is 10.0 Å². The highest BCUT2D eigenvalue weighted by Crippen LogP contribution is 2.32. The highest BCUT2D eigenvalue weighted by atomic mass is 32.2. The predicted octanol–water partition coefficient (Wildman–Crippen LogP) is 2.40. The van der Waals surface area contributed by atoms with Gasteiger partial charge in [-0.25, -0.2) is 13.1 Å². The highest BCUT2D eigenvalue weighted by molar-refractivity contribution is 7.88. The van der Waals surface area contributed by atoms with Crippen LogP contribution in [-0.4, -0.2) is 21.0 Å². The summed E-state index contributed by atoms with van der Waals surface area (Å²) in [6, 6.07) is 7.87. The Kier molecular flexibility index (Phi) is 5.79. The third-order valence-corrected chi connectivity index (χ3v) is 5.24. The Morgan fingerprint density at radius 3 is 2.67 bits per heavy atom. The molecule has 5 heteroatoms. The van der Waals surface area contributed by atoms with E-state index in [1.54, 1.807) is 0 Å². The van der Waals surface area contributed by atoms with Crippen LogP contribution in [0.15, 0.2) is 24.3 Å². The van der Waals surface area contributed by atoms with E-state index >= 15 is 0 Å². The molecule has 1 atom stereocenters. The third-order valence-electron chi connectivity index (χ3n) is 3.80. The van der Waals surface area contributed by atoms with Gasteiger partial charge < -0.3 is 5.32 Å². The van der Waals surface area contributed by atoms with E-state index in [0.717, 1.165) is 43.5 Å². The molecule has 1 fully saturated rings. The van der Waals surface area contributed by atoms with Crippen LogP contribution in [0.3, 0.4) is 0 Å². The molecule has 0 radical (unpaired) electrons. The zero-order valence-electron chi connectivity index (χ0n) is 12.9. The Balaban J connectivity index is 1.92. The van der Waals surface area contributed by atoms with Crippen molar-refractivity contribution in [2.75, 3.05) is 6.54 Å². The molecular weight excluding hydrogens is 284 g/mol. The van der Waals surface area contributed by atoms with Crippen molar-refractivity contribution >= 4 is 10.0 Å². The maximum atomic E-state index is 12.2. The van der Waals surface area contributed by atoms with Gasteiger partial charge in [-0.05, 0) is 49.8 Å². The zero-order valence-corrected chi connectivity index (χ0v) is 13.7. The summed E-state index contributed by atoms with van der Waals surface area (Å²) in [5, 5.41) is 3.33. The number of sulfonamides is 1. The van der Waals surface area contributed by atoms with Gasteiger partial charge in [0.1, 0.15) is 0 Å². The van der Waals surface area contributed by atoms with Crippen LogP contribution in [0.25, 0.3) is 0 Å². The zero-order chi connectivity index (χ0) is 15.3. The lowest BCUT2D eigenvalue weighted by molar-refractivity contribution is 0.537. The van der Waals surface area contributed by atoms with Gasteiger partial charge in [0.2, 0.25) is 10.0 Å². The first kappa shape index (κ1) is 16.5. The predicted molar refractivity (Wildman–Crippen MR) is 86.4 cm³/mol. The van der Waals surface area contributed by atoms with Crippen LogP contribution < -0.4 is 10.0 Å². The molecule has 1 aromatic carbocycles. The van der Waals surface area contributed by atoms with Gasteiger partial charge in [0, 0.05) is 12.6 Å². The number of rotatable bonds is 9. The largest absolute Gasteiger partial charge is 0.313 e. The Morgan fingerprint density at radius 2 is 2.00 bits per heavy atom. The first-order valence-electron chi connectivity index (χ1n) is 7.78. The first-order chi connectivity index (χ1) is 10.00. The van der Waals surface area contributed by atoms with E-state index in [2.05, 4.69) is 17.0 Å². The monoisotopic (exact) mass is 310 g/mol. The van der Waals surface area contributed by atoms with Crippen LogP contribution in [0.4, 0.5) is 0 Å². The van der Waals surface area contributed by atoms with Gasteiger partial charge in [-0.3, -0.25) is 0 Å². The van der Waals surface area contributed by atoms with Crippen molar-refractivity contribution in [1.29, 1.82) is 0 Å². The fraction of sp³-hybridized carbons (Fsp3) is 0.625. The van der Waals surface area contributed by atoms with Gasteiger partial charge in [0.05, 0.1) is 5.75 Å². The van der Waals surface area contributed by atoms with Gasteiger partial charge in [0.25, 0.3) is 0 Å². The van der Waals surface area contributed by atoms with E-state index in [4.69, 9.17) is 0 Å². The van der Waals surface area contributed by atoms with Crippen LogP contribution in [0, 0.1) is 5.92 Å². The maximum Gasteiger partial charge on any atom is 0.216 e.